The van der Waals surface area contributed by atoms with Crippen LogP contribution < -0.4 is 0 Å². The lowest BCUT2D eigenvalue weighted by atomic mass is 10.2. The first-order chi connectivity index (χ1) is 12.1. The van der Waals surface area contributed by atoms with E-state index in [0.29, 0.717) is 32.0 Å². The summed E-state index contributed by atoms with van der Waals surface area (Å²) < 4.78 is 12.6. The van der Waals surface area contributed by atoms with Crippen molar-refractivity contribution in [1.82, 2.24) is 24.5 Å². The molecule has 8 nitrogen and oxygen atoms in total. The molecule has 2 aromatic rings. The minimum atomic E-state index is -0.00363. The van der Waals surface area contributed by atoms with Gasteiger partial charge in [-0.05, 0) is 13.8 Å². The Labute approximate surface area is 146 Å². The number of hydrogen-bond acceptors (Lipinski definition) is 6. The van der Waals surface area contributed by atoms with Gasteiger partial charge < -0.3 is 18.7 Å². The topological polar surface area (TPSA) is 76.6 Å². The second-order valence-corrected chi connectivity index (χ2v) is 6.66. The molecule has 0 bridgehead atoms. The van der Waals surface area contributed by atoms with Crippen LogP contribution in [0, 0.1) is 6.92 Å². The number of rotatable bonds is 3. The third-order valence-electron chi connectivity index (χ3n) is 4.92. The third kappa shape index (κ3) is 3.19. The Morgan fingerprint density at radius 3 is 2.80 bits per heavy atom. The van der Waals surface area contributed by atoms with Gasteiger partial charge in [0.2, 0.25) is 0 Å². The van der Waals surface area contributed by atoms with E-state index < -0.39 is 0 Å². The number of ether oxygens (including phenoxy) is 1. The van der Waals surface area contributed by atoms with Crippen LogP contribution in [0.1, 0.15) is 40.7 Å². The number of aromatic nitrogens is 3. The van der Waals surface area contributed by atoms with Gasteiger partial charge in [0.25, 0.3) is 5.91 Å². The predicted octanol–water partition coefficient (Wildman–Crippen LogP) is 1.23. The highest BCUT2D eigenvalue weighted by Crippen LogP contribution is 2.26. The van der Waals surface area contributed by atoms with Gasteiger partial charge in [0, 0.05) is 45.0 Å². The van der Waals surface area contributed by atoms with Crippen molar-refractivity contribution < 1.29 is 14.1 Å². The fourth-order valence-electron chi connectivity index (χ4n) is 3.48. The van der Waals surface area contributed by atoms with Crippen molar-refractivity contribution >= 4 is 5.91 Å². The van der Waals surface area contributed by atoms with E-state index in [1.807, 2.05) is 24.1 Å². The summed E-state index contributed by atoms with van der Waals surface area (Å²) in [7, 11) is 0. The molecule has 2 aliphatic heterocycles. The molecule has 1 fully saturated rings. The average Bonchev–Trinajstić information content (AvgIpc) is 3.24. The fraction of sp³-hybridized carbons (Fsp3) is 0.588. The Kier molecular flexibility index (Phi) is 4.30. The molecule has 0 N–H and O–H groups in total. The molecule has 134 valence electrons. The molecule has 2 aliphatic rings. The van der Waals surface area contributed by atoms with Crippen LogP contribution in [-0.2, 0) is 17.8 Å². The Hall–Kier alpha value is -2.19. The monoisotopic (exact) mass is 345 g/mol. The first-order valence-corrected chi connectivity index (χ1v) is 8.72. The van der Waals surface area contributed by atoms with Gasteiger partial charge in [-0.2, -0.15) is 0 Å². The molecule has 0 aliphatic carbocycles. The molecule has 1 saturated heterocycles. The van der Waals surface area contributed by atoms with E-state index in [1.54, 1.807) is 0 Å². The highest BCUT2D eigenvalue weighted by Gasteiger charge is 2.29. The van der Waals surface area contributed by atoms with Crippen molar-refractivity contribution in [2.75, 3.05) is 32.8 Å². The highest BCUT2D eigenvalue weighted by atomic mass is 16.5. The van der Waals surface area contributed by atoms with Gasteiger partial charge in [-0.3, -0.25) is 9.69 Å². The quantitative estimate of drug-likeness (QED) is 0.833. The zero-order valence-corrected chi connectivity index (χ0v) is 14.6. The summed E-state index contributed by atoms with van der Waals surface area (Å²) in [6.45, 7) is 8.91. The number of carbonyl (C=O) groups excluding carboxylic acids is 1. The summed E-state index contributed by atoms with van der Waals surface area (Å²) >= 11 is 0. The van der Waals surface area contributed by atoms with E-state index >= 15 is 0 Å². The van der Waals surface area contributed by atoms with Gasteiger partial charge >= 0.3 is 0 Å². The third-order valence-corrected chi connectivity index (χ3v) is 4.92. The average molecular weight is 345 g/mol. The lowest BCUT2D eigenvalue weighted by molar-refractivity contribution is 0.0299. The van der Waals surface area contributed by atoms with Crippen LogP contribution in [0.4, 0.5) is 0 Å². The normalized spacial score (nSPS) is 21.4. The largest absolute Gasteiger partial charge is 0.378 e. The number of imidazole rings is 1. The predicted molar refractivity (Wildman–Crippen MR) is 89.0 cm³/mol. The lowest BCUT2D eigenvalue weighted by Crippen LogP contribution is -2.40. The number of aryl methyl sites for hydroxylation is 1. The maximum absolute atomic E-state index is 12.7. The summed E-state index contributed by atoms with van der Waals surface area (Å²) in [4.78, 5) is 21.4. The first kappa shape index (κ1) is 16.3. The van der Waals surface area contributed by atoms with Crippen LogP contribution in [0.2, 0.25) is 0 Å². The van der Waals surface area contributed by atoms with Crippen molar-refractivity contribution in [3.63, 3.8) is 0 Å². The van der Waals surface area contributed by atoms with Crippen LogP contribution >= 0.6 is 0 Å². The van der Waals surface area contributed by atoms with Crippen molar-refractivity contribution in [2.24, 2.45) is 0 Å². The molecule has 0 saturated carbocycles. The molecule has 4 heterocycles. The Morgan fingerprint density at radius 2 is 2.08 bits per heavy atom. The number of hydrogen-bond donors (Lipinski definition) is 0. The molecule has 0 unspecified atom stereocenters. The maximum atomic E-state index is 12.7. The molecule has 0 radical (unpaired) electrons. The number of nitrogens with zero attached hydrogens (tertiary/aromatic N) is 5. The van der Waals surface area contributed by atoms with Gasteiger partial charge in [-0.25, -0.2) is 4.98 Å². The van der Waals surface area contributed by atoms with Crippen LogP contribution in [0.25, 0.3) is 0 Å². The summed E-state index contributed by atoms with van der Waals surface area (Å²) in [5, 5.41) is 4.08. The van der Waals surface area contributed by atoms with E-state index in [4.69, 9.17) is 9.26 Å². The van der Waals surface area contributed by atoms with Crippen LogP contribution in [0.3, 0.4) is 0 Å². The van der Waals surface area contributed by atoms with Crippen molar-refractivity contribution in [2.45, 2.75) is 33.0 Å². The van der Waals surface area contributed by atoms with E-state index in [9.17, 15) is 4.79 Å². The summed E-state index contributed by atoms with van der Waals surface area (Å²) in [6.07, 6.45) is 1.89. The highest BCUT2D eigenvalue weighted by molar-refractivity contribution is 5.92. The van der Waals surface area contributed by atoms with Gasteiger partial charge in [0.15, 0.2) is 0 Å². The molecule has 0 aromatic carbocycles. The molecule has 0 spiro atoms. The van der Waals surface area contributed by atoms with Gasteiger partial charge in [-0.15, -0.1) is 0 Å². The van der Waals surface area contributed by atoms with E-state index in [2.05, 4.69) is 26.5 Å². The van der Waals surface area contributed by atoms with E-state index in [-0.39, 0.29) is 11.9 Å². The maximum Gasteiger partial charge on any atom is 0.274 e. The van der Waals surface area contributed by atoms with Crippen molar-refractivity contribution in [1.29, 1.82) is 0 Å². The van der Waals surface area contributed by atoms with Crippen molar-refractivity contribution in [3.8, 4) is 0 Å². The molecular weight excluding hydrogens is 322 g/mol. The molecule has 25 heavy (non-hydrogen) atoms. The smallest absolute Gasteiger partial charge is 0.274 e. The standard InChI is InChI=1S/C17H23N5O3/c1-12-9-14(19-25-12)10-21-3-4-22-11-15(18-16(22)13(21)2)17(23)20-5-7-24-8-6-20/h9,11,13H,3-8,10H2,1-2H3/t13-/m1/s1. The Balaban J connectivity index is 1.50. The molecule has 1 amide bonds. The summed E-state index contributed by atoms with van der Waals surface area (Å²) in [5.74, 6) is 1.75. The van der Waals surface area contributed by atoms with Crippen LogP contribution in [0.15, 0.2) is 16.8 Å². The molecule has 8 heteroatoms. The Morgan fingerprint density at radius 1 is 1.28 bits per heavy atom. The van der Waals surface area contributed by atoms with E-state index in [1.165, 1.54) is 0 Å². The number of carbonyl (C=O) groups is 1. The molecule has 2 aromatic heterocycles. The van der Waals surface area contributed by atoms with Gasteiger partial charge in [-0.1, -0.05) is 5.16 Å². The zero-order valence-electron chi connectivity index (χ0n) is 14.6. The SMILES string of the molecule is Cc1cc(CN2CCn3cc(C(=O)N4CCOCC4)nc3[C@H]2C)no1. The molecular formula is C17H23N5O3. The van der Waals surface area contributed by atoms with Crippen LogP contribution in [0.5, 0.6) is 0 Å². The van der Waals surface area contributed by atoms with Crippen LogP contribution in [-0.4, -0.2) is 63.3 Å². The van der Waals surface area contributed by atoms with E-state index in [0.717, 1.165) is 36.9 Å². The summed E-state index contributed by atoms with van der Waals surface area (Å²) in [6, 6.07) is 2.08. The summed E-state index contributed by atoms with van der Waals surface area (Å²) in [5.41, 5.74) is 1.46. The fourth-order valence-corrected chi connectivity index (χ4v) is 3.48. The number of fused-ring (bicyclic) bond motifs is 1. The first-order valence-electron chi connectivity index (χ1n) is 8.72. The Bertz CT molecular complexity index is 762. The molecule has 1 atom stereocenters. The second kappa shape index (κ2) is 6.61. The zero-order chi connectivity index (χ0) is 17.4. The second-order valence-electron chi connectivity index (χ2n) is 6.66. The lowest BCUT2D eigenvalue weighted by Gasteiger charge is -2.32. The van der Waals surface area contributed by atoms with Crippen molar-refractivity contribution in [3.05, 3.63) is 35.2 Å². The minimum absolute atomic E-state index is 0.00363. The minimum Gasteiger partial charge on any atom is -0.378 e. The van der Waals surface area contributed by atoms with Gasteiger partial charge in [0.05, 0.1) is 24.9 Å². The van der Waals surface area contributed by atoms with Gasteiger partial charge in [0.1, 0.15) is 17.3 Å². The molecule has 4 rings (SSSR count). The number of amides is 1. The number of morpholine rings is 1.